The molecule has 0 bridgehead atoms. The predicted molar refractivity (Wildman–Crippen MR) is 71.5 cm³/mol. The van der Waals surface area contributed by atoms with Crippen LogP contribution in [0, 0.1) is 12.7 Å². The van der Waals surface area contributed by atoms with Crippen molar-refractivity contribution in [3.63, 3.8) is 0 Å². The molecule has 1 aliphatic heterocycles. The monoisotopic (exact) mass is 272 g/mol. The van der Waals surface area contributed by atoms with Gasteiger partial charge in [-0.1, -0.05) is 6.07 Å². The maximum absolute atomic E-state index is 13.4. The second-order valence-electron chi connectivity index (χ2n) is 4.49. The first-order chi connectivity index (χ1) is 8.13. The fourth-order valence-corrected chi connectivity index (χ4v) is 2.24. The van der Waals surface area contributed by atoms with Crippen molar-refractivity contribution in [1.29, 1.82) is 0 Å². The highest BCUT2D eigenvalue weighted by Gasteiger charge is 2.28. The largest absolute Gasteiger partial charge is 0.334 e. The van der Waals surface area contributed by atoms with Crippen molar-refractivity contribution >= 4 is 18.3 Å². The number of hydrogen-bond donors (Lipinski definition) is 1. The molecule has 1 saturated heterocycles. The molecule has 1 atom stereocenters. The first-order valence-corrected chi connectivity index (χ1v) is 5.90. The Labute approximate surface area is 113 Å². The van der Waals surface area contributed by atoms with Gasteiger partial charge < -0.3 is 10.6 Å². The first kappa shape index (κ1) is 14.9. The van der Waals surface area contributed by atoms with E-state index in [1.165, 1.54) is 6.07 Å². The third-order valence-corrected chi connectivity index (χ3v) is 3.33. The summed E-state index contributed by atoms with van der Waals surface area (Å²) in [5.74, 6) is -0.448. The highest BCUT2D eigenvalue weighted by Crippen LogP contribution is 2.20. The zero-order chi connectivity index (χ0) is 12.4. The van der Waals surface area contributed by atoms with Crippen molar-refractivity contribution in [3.05, 3.63) is 35.1 Å². The van der Waals surface area contributed by atoms with Gasteiger partial charge in [-0.3, -0.25) is 4.79 Å². The number of amides is 1. The van der Waals surface area contributed by atoms with Gasteiger partial charge in [0.15, 0.2) is 0 Å². The van der Waals surface area contributed by atoms with Crippen LogP contribution in [0.2, 0.25) is 0 Å². The zero-order valence-corrected chi connectivity index (χ0v) is 11.2. The van der Waals surface area contributed by atoms with E-state index in [0.717, 1.165) is 19.4 Å². The van der Waals surface area contributed by atoms with E-state index in [1.807, 2.05) is 0 Å². The number of halogens is 2. The molecule has 100 valence electrons. The maximum atomic E-state index is 13.4. The minimum Gasteiger partial charge on any atom is -0.334 e. The fourth-order valence-electron chi connectivity index (χ4n) is 2.24. The summed E-state index contributed by atoms with van der Waals surface area (Å²) in [6, 6.07) is 4.72. The minimum atomic E-state index is -0.334. The molecule has 0 saturated carbocycles. The number of benzene rings is 1. The van der Waals surface area contributed by atoms with E-state index in [1.54, 1.807) is 24.0 Å². The van der Waals surface area contributed by atoms with Crippen molar-refractivity contribution in [2.45, 2.75) is 25.8 Å². The lowest BCUT2D eigenvalue weighted by atomic mass is 10.1. The van der Waals surface area contributed by atoms with Gasteiger partial charge in [0.05, 0.1) is 0 Å². The van der Waals surface area contributed by atoms with Crippen molar-refractivity contribution in [2.75, 3.05) is 13.1 Å². The Hall–Kier alpha value is -1.13. The molecule has 0 aromatic heterocycles. The molecular weight excluding hydrogens is 255 g/mol. The molecule has 18 heavy (non-hydrogen) atoms. The summed E-state index contributed by atoms with van der Waals surface area (Å²) >= 11 is 0. The quantitative estimate of drug-likeness (QED) is 0.896. The number of likely N-dealkylation sites (tertiary alicyclic amines) is 1. The molecule has 0 spiro atoms. The molecule has 0 aliphatic carbocycles. The topological polar surface area (TPSA) is 46.3 Å². The lowest BCUT2D eigenvalue weighted by Crippen LogP contribution is -2.39. The Morgan fingerprint density at radius 1 is 1.56 bits per heavy atom. The standard InChI is InChI=1S/C13H17FN2O.ClH/c1-9-4-5-10(7-12(9)14)13(17)16-6-2-3-11(16)8-15;/h4-5,7,11H,2-3,6,8,15H2,1H3;1H. The Morgan fingerprint density at radius 2 is 2.28 bits per heavy atom. The molecule has 2 N–H and O–H groups in total. The molecule has 1 aliphatic rings. The van der Waals surface area contributed by atoms with Crippen LogP contribution in [0.25, 0.3) is 0 Å². The maximum Gasteiger partial charge on any atom is 0.254 e. The molecule has 0 radical (unpaired) electrons. The zero-order valence-electron chi connectivity index (χ0n) is 10.4. The van der Waals surface area contributed by atoms with Gasteiger partial charge in [0, 0.05) is 24.7 Å². The van der Waals surface area contributed by atoms with Crippen LogP contribution in [-0.2, 0) is 0 Å². The van der Waals surface area contributed by atoms with Crippen LogP contribution in [0.4, 0.5) is 4.39 Å². The molecule has 5 heteroatoms. The summed E-state index contributed by atoms with van der Waals surface area (Å²) in [6.45, 7) is 2.87. The van der Waals surface area contributed by atoms with Crippen LogP contribution in [0.15, 0.2) is 18.2 Å². The molecule has 3 nitrogen and oxygen atoms in total. The van der Waals surface area contributed by atoms with Gasteiger partial charge in [-0.15, -0.1) is 12.4 Å². The number of carbonyl (C=O) groups is 1. The number of carbonyl (C=O) groups excluding carboxylic acids is 1. The van der Waals surface area contributed by atoms with Gasteiger partial charge in [-0.05, 0) is 37.5 Å². The van der Waals surface area contributed by atoms with Gasteiger partial charge in [0.25, 0.3) is 5.91 Å². The number of nitrogens with zero attached hydrogens (tertiary/aromatic N) is 1. The SMILES string of the molecule is Cc1ccc(C(=O)N2CCCC2CN)cc1F.Cl. The third kappa shape index (κ3) is 2.82. The van der Waals surface area contributed by atoms with Gasteiger partial charge >= 0.3 is 0 Å². The summed E-state index contributed by atoms with van der Waals surface area (Å²) < 4.78 is 13.4. The second kappa shape index (κ2) is 6.16. The molecule has 1 fully saturated rings. The Kier molecular flexibility index (Phi) is 5.11. The average molecular weight is 273 g/mol. The van der Waals surface area contributed by atoms with E-state index >= 15 is 0 Å². The highest BCUT2D eigenvalue weighted by molar-refractivity contribution is 5.94. The number of rotatable bonds is 2. The lowest BCUT2D eigenvalue weighted by molar-refractivity contribution is 0.0740. The molecular formula is C13H18ClFN2O. The molecule has 1 heterocycles. The summed E-state index contributed by atoms with van der Waals surface area (Å²) in [5.41, 5.74) is 6.59. The van der Waals surface area contributed by atoms with Gasteiger partial charge in [0.2, 0.25) is 0 Å². The molecule has 1 aromatic carbocycles. The highest BCUT2D eigenvalue weighted by atomic mass is 35.5. The van der Waals surface area contributed by atoms with Crippen LogP contribution in [-0.4, -0.2) is 29.9 Å². The predicted octanol–water partition coefficient (Wildman–Crippen LogP) is 2.12. The Balaban J connectivity index is 0.00000162. The van der Waals surface area contributed by atoms with Gasteiger partial charge in [-0.25, -0.2) is 4.39 Å². The Morgan fingerprint density at radius 3 is 2.89 bits per heavy atom. The molecule has 1 unspecified atom stereocenters. The van der Waals surface area contributed by atoms with Gasteiger partial charge in [0.1, 0.15) is 5.82 Å². The van der Waals surface area contributed by atoms with Gasteiger partial charge in [-0.2, -0.15) is 0 Å². The third-order valence-electron chi connectivity index (χ3n) is 3.33. The van der Waals surface area contributed by atoms with E-state index in [4.69, 9.17) is 5.73 Å². The lowest BCUT2D eigenvalue weighted by Gasteiger charge is -2.23. The minimum absolute atomic E-state index is 0. The molecule has 1 amide bonds. The fraction of sp³-hybridized carbons (Fsp3) is 0.462. The van der Waals surface area contributed by atoms with E-state index in [0.29, 0.717) is 17.7 Å². The van der Waals surface area contributed by atoms with E-state index in [9.17, 15) is 9.18 Å². The summed E-state index contributed by atoms with van der Waals surface area (Å²) in [6.07, 6.45) is 1.92. The van der Waals surface area contributed by atoms with E-state index in [-0.39, 0.29) is 30.2 Å². The second-order valence-corrected chi connectivity index (χ2v) is 4.49. The van der Waals surface area contributed by atoms with E-state index < -0.39 is 0 Å². The van der Waals surface area contributed by atoms with Crippen molar-refractivity contribution < 1.29 is 9.18 Å². The van der Waals surface area contributed by atoms with Crippen molar-refractivity contribution in [3.8, 4) is 0 Å². The molecule has 1 aromatic rings. The van der Waals surface area contributed by atoms with Crippen LogP contribution in [0.3, 0.4) is 0 Å². The van der Waals surface area contributed by atoms with Crippen molar-refractivity contribution in [2.24, 2.45) is 5.73 Å². The first-order valence-electron chi connectivity index (χ1n) is 5.90. The normalized spacial score (nSPS) is 18.6. The van der Waals surface area contributed by atoms with E-state index in [2.05, 4.69) is 0 Å². The smallest absolute Gasteiger partial charge is 0.254 e. The molecule has 2 rings (SSSR count). The number of aryl methyl sites for hydroxylation is 1. The Bertz CT molecular complexity index is 439. The van der Waals surface area contributed by atoms with Crippen LogP contribution < -0.4 is 5.73 Å². The summed E-state index contributed by atoms with van der Waals surface area (Å²) in [7, 11) is 0. The number of nitrogens with two attached hydrogens (primary N) is 1. The summed E-state index contributed by atoms with van der Waals surface area (Å²) in [5, 5.41) is 0. The van der Waals surface area contributed by atoms with Crippen LogP contribution in [0.1, 0.15) is 28.8 Å². The van der Waals surface area contributed by atoms with Crippen LogP contribution in [0.5, 0.6) is 0 Å². The average Bonchev–Trinajstić information content (AvgIpc) is 2.80. The van der Waals surface area contributed by atoms with Crippen molar-refractivity contribution in [1.82, 2.24) is 4.90 Å². The number of hydrogen-bond acceptors (Lipinski definition) is 2. The summed E-state index contributed by atoms with van der Waals surface area (Å²) in [4.78, 5) is 13.9. The van der Waals surface area contributed by atoms with Crippen LogP contribution >= 0.6 is 12.4 Å².